The lowest BCUT2D eigenvalue weighted by Gasteiger charge is -2.12. The highest BCUT2D eigenvalue weighted by Gasteiger charge is 2.18. The van der Waals surface area contributed by atoms with Gasteiger partial charge in [0.25, 0.3) is 0 Å². The van der Waals surface area contributed by atoms with Crippen LogP contribution in [0.5, 0.6) is 0 Å². The molecule has 0 aliphatic carbocycles. The quantitative estimate of drug-likeness (QED) is 0.177. The third kappa shape index (κ3) is 5.14. The molecule has 270 valence electrons. The van der Waals surface area contributed by atoms with Gasteiger partial charge in [0.15, 0.2) is 17.5 Å². The van der Waals surface area contributed by atoms with Crippen LogP contribution in [0.3, 0.4) is 0 Å². The maximum Gasteiger partial charge on any atom is 0.164 e. The molecular weight excluding hydrogens is 707 g/mol. The molecule has 0 amide bonds. The van der Waals surface area contributed by atoms with Crippen LogP contribution in [0, 0.1) is 0 Å². The third-order valence-electron chi connectivity index (χ3n) is 11.5. The first-order valence-electron chi connectivity index (χ1n) is 19.6. The van der Waals surface area contributed by atoms with Crippen molar-refractivity contribution in [2.75, 3.05) is 0 Å². The molecule has 0 saturated carbocycles. The molecule has 3 aromatic heterocycles. The Morgan fingerprint density at radius 2 is 0.672 bits per heavy atom. The van der Waals surface area contributed by atoms with Crippen molar-refractivity contribution < 1.29 is 0 Å². The second kappa shape index (κ2) is 12.8. The van der Waals surface area contributed by atoms with Gasteiger partial charge in [-0.05, 0) is 82.2 Å². The molecule has 12 aromatic rings. The summed E-state index contributed by atoms with van der Waals surface area (Å²) in [6, 6.07) is 71.1. The summed E-state index contributed by atoms with van der Waals surface area (Å²) in [7, 11) is 0. The Hall–Kier alpha value is -7.89. The van der Waals surface area contributed by atoms with Crippen LogP contribution < -0.4 is 0 Å². The Kier molecular flexibility index (Phi) is 7.16. The van der Waals surface area contributed by atoms with Crippen LogP contribution in [0.15, 0.2) is 200 Å². The van der Waals surface area contributed by atoms with Gasteiger partial charge in [-0.1, -0.05) is 140 Å². The Balaban J connectivity index is 1.03. The van der Waals surface area contributed by atoms with E-state index in [2.05, 4.69) is 209 Å². The lowest BCUT2D eigenvalue weighted by Crippen LogP contribution is -2.01. The maximum atomic E-state index is 5.17. The number of hydrogen-bond acceptors (Lipinski definition) is 3. The number of para-hydroxylation sites is 3. The normalized spacial score (nSPS) is 11.8. The van der Waals surface area contributed by atoms with Gasteiger partial charge in [0.1, 0.15) is 0 Å². The summed E-state index contributed by atoms with van der Waals surface area (Å²) in [5.74, 6) is 1.90. The van der Waals surface area contributed by atoms with E-state index in [1.54, 1.807) is 0 Å². The van der Waals surface area contributed by atoms with E-state index < -0.39 is 0 Å². The van der Waals surface area contributed by atoms with E-state index >= 15 is 0 Å². The van der Waals surface area contributed by atoms with E-state index in [1.165, 1.54) is 43.4 Å². The van der Waals surface area contributed by atoms with Crippen LogP contribution in [-0.2, 0) is 0 Å². The van der Waals surface area contributed by atoms with Gasteiger partial charge in [0, 0.05) is 49.6 Å². The van der Waals surface area contributed by atoms with Gasteiger partial charge < -0.3 is 9.13 Å². The number of benzene rings is 9. The minimum atomic E-state index is 0.623. The minimum absolute atomic E-state index is 0.623. The summed E-state index contributed by atoms with van der Waals surface area (Å²) in [6.07, 6.45) is 0. The fraction of sp³-hybridized carbons (Fsp3) is 0. The fourth-order valence-corrected chi connectivity index (χ4v) is 8.78. The van der Waals surface area contributed by atoms with Crippen LogP contribution in [0.2, 0.25) is 0 Å². The zero-order chi connectivity index (χ0) is 38.2. The molecule has 0 aliphatic heterocycles. The van der Waals surface area contributed by atoms with Gasteiger partial charge in [-0.3, -0.25) is 0 Å². The van der Waals surface area contributed by atoms with Crippen LogP contribution in [0.1, 0.15) is 0 Å². The van der Waals surface area contributed by atoms with Crippen molar-refractivity contribution in [3.8, 4) is 45.5 Å². The van der Waals surface area contributed by atoms with Gasteiger partial charge in [-0.25, -0.2) is 15.0 Å². The van der Waals surface area contributed by atoms with Gasteiger partial charge in [-0.15, -0.1) is 0 Å². The SMILES string of the molecule is c1cc(-c2nc(-c3ccc4ccccc4c3)nc(-c3ccc4ccccc4c3)n2)cc(-n2c3ccccc3c3cc(-n4c5ccccc5c5ccccc54)ccc32)c1. The molecule has 0 N–H and O–H groups in total. The minimum Gasteiger partial charge on any atom is -0.309 e. The van der Waals surface area contributed by atoms with Crippen molar-refractivity contribution >= 4 is 65.2 Å². The second-order valence-electron chi connectivity index (χ2n) is 14.9. The summed E-state index contributed by atoms with van der Waals surface area (Å²) in [4.78, 5) is 15.4. The third-order valence-corrected chi connectivity index (χ3v) is 11.5. The molecule has 12 rings (SSSR count). The summed E-state index contributed by atoms with van der Waals surface area (Å²) in [6.45, 7) is 0. The zero-order valence-corrected chi connectivity index (χ0v) is 31.3. The van der Waals surface area contributed by atoms with Gasteiger partial charge in [-0.2, -0.15) is 0 Å². The highest BCUT2D eigenvalue weighted by Crippen LogP contribution is 2.38. The Morgan fingerprint density at radius 1 is 0.259 bits per heavy atom. The predicted octanol–water partition coefficient (Wildman–Crippen LogP) is 13.4. The number of rotatable bonds is 5. The fourth-order valence-electron chi connectivity index (χ4n) is 8.78. The van der Waals surface area contributed by atoms with Crippen molar-refractivity contribution in [2.24, 2.45) is 0 Å². The van der Waals surface area contributed by atoms with Crippen molar-refractivity contribution in [1.82, 2.24) is 24.1 Å². The Morgan fingerprint density at radius 3 is 1.21 bits per heavy atom. The van der Waals surface area contributed by atoms with E-state index in [0.29, 0.717) is 17.5 Å². The number of fused-ring (bicyclic) bond motifs is 8. The predicted molar refractivity (Wildman–Crippen MR) is 240 cm³/mol. The lowest BCUT2D eigenvalue weighted by molar-refractivity contribution is 1.07. The number of aromatic nitrogens is 5. The number of nitrogens with zero attached hydrogens (tertiary/aromatic N) is 5. The molecule has 0 fully saturated rings. The topological polar surface area (TPSA) is 48.5 Å². The molecular formula is C53H33N5. The standard InChI is InChI=1S/C53H33N5/c1-3-14-36-30-39(26-24-34(36)12-1)52-54-51(55-53(56-52)40-27-25-35-13-2-4-15-37(35)31-40)38-16-11-17-41(32-38)57-49-23-10-7-20-45(49)46-33-42(28-29-50(46)57)58-47-21-8-5-18-43(47)44-19-6-9-22-48(44)58/h1-33H. The van der Waals surface area contributed by atoms with E-state index in [-0.39, 0.29) is 0 Å². The monoisotopic (exact) mass is 739 g/mol. The lowest BCUT2D eigenvalue weighted by atomic mass is 10.1. The first kappa shape index (κ1) is 32.4. The highest BCUT2D eigenvalue weighted by molar-refractivity contribution is 6.12. The average Bonchev–Trinajstić information content (AvgIpc) is 3.81. The molecule has 0 saturated heterocycles. The Bertz CT molecular complexity index is 3440. The van der Waals surface area contributed by atoms with Gasteiger partial charge in [0.05, 0.1) is 22.1 Å². The summed E-state index contributed by atoms with van der Waals surface area (Å²) < 4.78 is 4.75. The van der Waals surface area contributed by atoms with E-state index in [4.69, 9.17) is 15.0 Å². The molecule has 0 spiro atoms. The van der Waals surface area contributed by atoms with Gasteiger partial charge >= 0.3 is 0 Å². The van der Waals surface area contributed by atoms with Gasteiger partial charge in [0.2, 0.25) is 0 Å². The largest absolute Gasteiger partial charge is 0.309 e. The van der Waals surface area contributed by atoms with Crippen molar-refractivity contribution in [1.29, 1.82) is 0 Å². The van der Waals surface area contributed by atoms with E-state index in [9.17, 15) is 0 Å². The van der Waals surface area contributed by atoms with Crippen LogP contribution in [0.25, 0.3) is 111 Å². The van der Waals surface area contributed by atoms with Crippen LogP contribution in [0.4, 0.5) is 0 Å². The van der Waals surface area contributed by atoms with Crippen LogP contribution in [-0.4, -0.2) is 24.1 Å². The molecule has 0 unspecified atom stereocenters. The molecule has 5 heteroatoms. The first-order valence-corrected chi connectivity index (χ1v) is 19.6. The highest BCUT2D eigenvalue weighted by atomic mass is 15.0. The molecule has 0 aliphatic rings. The molecule has 5 nitrogen and oxygen atoms in total. The molecule has 9 aromatic carbocycles. The molecule has 0 radical (unpaired) electrons. The molecule has 0 bridgehead atoms. The molecule has 3 heterocycles. The Labute approximate surface area is 333 Å². The van der Waals surface area contributed by atoms with Crippen molar-refractivity contribution in [3.63, 3.8) is 0 Å². The van der Waals surface area contributed by atoms with Crippen molar-refractivity contribution in [2.45, 2.75) is 0 Å². The molecule has 58 heavy (non-hydrogen) atoms. The summed E-state index contributed by atoms with van der Waals surface area (Å²) in [5, 5.41) is 9.53. The van der Waals surface area contributed by atoms with Crippen molar-refractivity contribution in [3.05, 3.63) is 200 Å². The van der Waals surface area contributed by atoms with Crippen LogP contribution >= 0.6 is 0 Å². The molecule has 0 atom stereocenters. The summed E-state index contributed by atoms with van der Waals surface area (Å²) >= 11 is 0. The zero-order valence-electron chi connectivity index (χ0n) is 31.3. The smallest absolute Gasteiger partial charge is 0.164 e. The van der Waals surface area contributed by atoms with E-state index in [1.807, 2.05) is 0 Å². The average molecular weight is 740 g/mol. The maximum absolute atomic E-state index is 5.17. The first-order chi connectivity index (χ1) is 28.7. The second-order valence-corrected chi connectivity index (χ2v) is 14.9. The number of hydrogen-bond donors (Lipinski definition) is 0. The summed E-state index contributed by atoms with van der Waals surface area (Å²) in [5.41, 5.74) is 9.64. The van der Waals surface area contributed by atoms with E-state index in [0.717, 1.165) is 49.9 Å².